The van der Waals surface area contributed by atoms with Gasteiger partial charge in [-0.15, -0.1) is 0 Å². The molecule has 3 rings (SSSR count). The van der Waals surface area contributed by atoms with Crippen molar-refractivity contribution in [1.29, 1.82) is 0 Å². The van der Waals surface area contributed by atoms with Crippen LogP contribution in [0.4, 0.5) is 0 Å². The number of sulfonamides is 1. The van der Waals surface area contributed by atoms with Crippen LogP contribution in [0.5, 0.6) is 0 Å². The molecule has 0 unspecified atom stereocenters. The van der Waals surface area contributed by atoms with Crippen LogP contribution in [-0.4, -0.2) is 41.1 Å². The highest BCUT2D eigenvalue weighted by molar-refractivity contribution is 7.89. The Morgan fingerprint density at radius 2 is 2.12 bits per heavy atom. The number of nitrogens with one attached hydrogen (secondary N) is 1. The number of aromatic nitrogens is 4. The van der Waals surface area contributed by atoms with Crippen molar-refractivity contribution < 1.29 is 13.2 Å². The fourth-order valence-electron chi connectivity index (χ4n) is 3.25. The van der Waals surface area contributed by atoms with Crippen molar-refractivity contribution >= 4 is 10.0 Å². The molecule has 8 nitrogen and oxygen atoms in total. The summed E-state index contributed by atoms with van der Waals surface area (Å²) in [5, 5.41) is 8.40. The van der Waals surface area contributed by atoms with E-state index in [1.165, 1.54) is 4.68 Å². The summed E-state index contributed by atoms with van der Waals surface area (Å²) in [6.45, 7) is 2.74. The first kappa shape index (κ1) is 17.1. The summed E-state index contributed by atoms with van der Waals surface area (Å²) in [5.74, 6) is 0.0671. The Morgan fingerprint density at radius 3 is 2.75 bits per heavy atom. The Kier molecular flexibility index (Phi) is 4.75. The van der Waals surface area contributed by atoms with Gasteiger partial charge in [-0.25, -0.2) is 13.1 Å². The molecule has 24 heavy (non-hydrogen) atoms. The van der Waals surface area contributed by atoms with Crippen molar-refractivity contribution in [3.8, 4) is 0 Å². The number of aryl methyl sites for hydroxylation is 3. The van der Waals surface area contributed by atoms with E-state index in [-0.39, 0.29) is 17.0 Å². The van der Waals surface area contributed by atoms with Crippen molar-refractivity contribution in [2.24, 2.45) is 20.0 Å². The molecular weight excluding hydrogens is 330 g/mol. The average Bonchev–Trinajstić information content (AvgIpc) is 3.11. The Hall–Kier alpha value is -1.71. The number of hydrogen-bond acceptors (Lipinski definition) is 5. The highest BCUT2D eigenvalue weighted by atomic mass is 32.2. The lowest BCUT2D eigenvalue weighted by Crippen LogP contribution is -2.36. The number of ether oxygens (including phenoxy) is 1. The predicted molar refractivity (Wildman–Crippen MR) is 87.8 cm³/mol. The van der Waals surface area contributed by atoms with Crippen molar-refractivity contribution in [1.82, 2.24) is 24.3 Å². The van der Waals surface area contributed by atoms with Gasteiger partial charge in [0.15, 0.2) is 5.03 Å². The first-order valence-electron chi connectivity index (χ1n) is 7.98. The van der Waals surface area contributed by atoms with Gasteiger partial charge in [0.1, 0.15) is 6.10 Å². The highest BCUT2D eigenvalue weighted by Gasteiger charge is 2.31. The summed E-state index contributed by atoms with van der Waals surface area (Å²) in [4.78, 5) is 0. The zero-order valence-corrected chi connectivity index (χ0v) is 15.0. The first-order chi connectivity index (χ1) is 11.4. The normalized spacial score (nSPS) is 22.0. The molecule has 132 valence electrons. The molecule has 2 aromatic rings. The van der Waals surface area contributed by atoms with Crippen LogP contribution in [0.2, 0.25) is 0 Å². The fraction of sp³-hybridized carbons (Fsp3) is 0.600. The van der Waals surface area contributed by atoms with E-state index in [9.17, 15) is 8.42 Å². The van der Waals surface area contributed by atoms with Gasteiger partial charge in [-0.3, -0.25) is 9.36 Å². The van der Waals surface area contributed by atoms with Crippen LogP contribution in [-0.2, 0) is 28.9 Å². The molecule has 2 atom stereocenters. The number of rotatable bonds is 5. The Labute approximate surface area is 141 Å². The van der Waals surface area contributed by atoms with Crippen LogP contribution in [0.25, 0.3) is 0 Å². The smallest absolute Gasteiger partial charge is 0.257 e. The van der Waals surface area contributed by atoms with Gasteiger partial charge in [-0.05, 0) is 25.8 Å². The molecule has 3 heterocycles. The van der Waals surface area contributed by atoms with Crippen molar-refractivity contribution in [3.63, 3.8) is 0 Å². The first-order valence-corrected chi connectivity index (χ1v) is 9.46. The van der Waals surface area contributed by atoms with E-state index in [0.717, 1.165) is 18.5 Å². The standard InChI is InChI=1S/C15H23N5O3S/c1-11-9-17-20(3)15(11)24(21,22)18-10-12-5-4-8-23-14(12)13-6-7-16-19(13)2/h6-7,9,12,14,18H,4-5,8,10H2,1-3H3/t12-,14+/m0/s1. The van der Waals surface area contributed by atoms with E-state index in [0.29, 0.717) is 18.7 Å². The third kappa shape index (κ3) is 3.24. The monoisotopic (exact) mass is 353 g/mol. The Balaban J connectivity index is 1.76. The van der Waals surface area contributed by atoms with Crippen LogP contribution in [0.1, 0.15) is 30.2 Å². The predicted octanol–water partition coefficient (Wildman–Crippen LogP) is 0.908. The molecular formula is C15H23N5O3S. The summed E-state index contributed by atoms with van der Waals surface area (Å²) in [5.41, 5.74) is 1.60. The second-order valence-corrected chi connectivity index (χ2v) is 7.86. The molecule has 1 fully saturated rings. The molecule has 0 aromatic carbocycles. The molecule has 0 aliphatic carbocycles. The minimum absolute atomic E-state index is 0.0671. The maximum atomic E-state index is 12.6. The van der Waals surface area contributed by atoms with Crippen LogP contribution in [0.3, 0.4) is 0 Å². The molecule has 1 saturated heterocycles. The highest BCUT2D eigenvalue weighted by Crippen LogP contribution is 2.33. The van der Waals surface area contributed by atoms with Gasteiger partial charge in [0.05, 0.1) is 11.9 Å². The van der Waals surface area contributed by atoms with Gasteiger partial charge >= 0.3 is 0 Å². The van der Waals surface area contributed by atoms with Crippen LogP contribution in [0.15, 0.2) is 23.5 Å². The van der Waals surface area contributed by atoms with Gasteiger partial charge < -0.3 is 4.74 Å². The second-order valence-electron chi connectivity index (χ2n) is 6.18. The van der Waals surface area contributed by atoms with E-state index < -0.39 is 10.0 Å². The van der Waals surface area contributed by atoms with Gasteiger partial charge in [0.25, 0.3) is 10.0 Å². The largest absolute Gasteiger partial charge is 0.372 e. The van der Waals surface area contributed by atoms with E-state index in [2.05, 4.69) is 14.9 Å². The quantitative estimate of drug-likeness (QED) is 0.863. The molecule has 1 N–H and O–H groups in total. The number of nitrogens with zero attached hydrogens (tertiary/aromatic N) is 4. The molecule has 1 aliphatic heterocycles. The van der Waals surface area contributed by atoms with E-state index in [1.54, 1.807) is 31.0 Å². The summed E-state index contributed by atoms with van der Waals surface area (Å²) < 4.78 is 37.0. The van der Waals surface area contributed by atoms with Crippen LogP contribution >= 0.6 is 0 Å². The van der Waals surface area contributed by atoms with Crippen molar-refractivity contribution in [2.45, 2.75) is 30.9 Å². The maximum Gasteiger partial charge on any atom is 0.257 e. The maximum absolute atomic E-state index is 12.6. The Bertz CT molecular complexity index is 791. The third-order valence-electron chi connectivity index (χ3n) is 4.44. The summed E-state index contributed by atoms with van der Waals surface area (Å²) in [6, 6.07) is 1.92. The molecule has 2 aromatic heterocycles. The summed E-state index contributed by atoms with van der Waals surface area (Å²) >= 11 is 0. The van der Waals surface area contributed by atoms with E-state index in [1.807, 2.05) is 13.1 Å². The topological polar surface area (TPSA) is 91.0 Å². The lowest BCUT2D eigenvalue weighted by molar-refractivity contribution is -0.0307. The zero-order chi connectivity index (χ0) is 17.3. The second kappa shape index (κ2) is 6.66. The zero-order valence-electron chi connectivity index (χ0n) is 14.1. The fourth-order valence-corrected chi connectivity index (χ4v) is 4.69. The molecule has 0 radical (unpaired) electrons. The van der Waals surface area contributed by atoms with Gasteiger partial charge in [-0.2, -0.15) is 10.2 Å². The average molecular weight is 353 g/mol. The van der Waals surface area contributed by atoms with Crippen LogP contribution in [0, 0.1) is 12.8 Å². The van der Waals surface area contributed by atoms with Gasteiger partial charge in [0.2, 0.25) is 0 Å². The SMILES string of the molecule is Cc1cnn(C)c1S(=O)(=O)NC[C@@H]1CCCO[C@H]1c1ccnn1C. The lowest BCUT2D eigenvalue weighted by Gasteiger charge is -2.31. The van der Waals surface area contributed by atoms with E-state index >= 15 is 0 Å². The molecule has 0 spiro atoms. The molecule has 0 bridgehead atoms. The molecule has 0 saturated carbocycles. The third-order valence-corrected chi connectivity index (χ3v) is 6.08. The molecule has 9 heteroatoms. The van der Waals surface area contributed by atoms with Crippen molar-refractivity contribution in [3.05, 3.63) is 29.7 Å². The van der Waals surface area contributed by atoms with Gasteiger partial charge in [-0.1, -0.05) is 0 Å². The number of hydrogen-bond donors (Lipinski definition) is 1. The lowest BCUT2D eigenvalue weighted by atomic mass is 9.92. The minimum atomic E-state index is -3.61. The van der Waals surface area contributed by atoms with Crippen LogP contribution < -0.4 is 4.72 Å². The van der Waals surface area contributed by atoms with Crippen molar-refractivity contribution in [2.75, 3.05) is 13.2 Å². The molecule has 0 amide bonds. The summed E-state index contributed by atoms with van der Waals surface area (Å²) in [7, 11) is -0.110. The minimum Gasteiger partial charge on any atom is -0.372 e. The summed E-state index contributed by atoms with van der Waals surface area (Å²) in [6.07, 6.45) is 4.96. The van der Waals surface area contributed by atoms with E-state index in [4.69, 9.17) is 4.74 Å². The van der Waals surface area contributed by atoms with Gasteiger partial charge in [0, 0.05) is 44.9 Å². The molecule has 1 aliphatic rings. The Morgan fingerprint density at radius 1 is 1.33 bits per heavy atom.